The van der Waals surface area contributed by atoms with E-state index in [0.717, 1.165) is 35.8 Å². The van der Waals surface area contributed by atoms with Crippen molar-refractivity contribution in [3.8, 4) is 17.4 Å². The van der Waals surface area contributed by atoms with E-state index in [1.54, 1.807) is 18.2 Å². The van der Waals surface area contributed by atoms with Gasteiger partial charge in [-0.05, 0) is 60.7 Å². The molecular formula is C22H27NO6S. The monoisotopic (exact) mass is 433 g/mol. The minimum absolute atomic E-state index is 0.125. The summed E-state index contributed by atoms with van der Waals surface area (Å²) in [5.74, 6) is 1.37. The molecule has 2 aromatic carbocycles. The molecule has 3 rings (SSSR count). The smallest absolute Gasteiger partial charge is 0.294 e. The second kappa shape index (κ2) is 9.06. The van der Waals surface area contributed by atoms with Crippen molar-refractivity contribution in [1.82, 2.24) is 5.16 Å². The molecule has 0 saturated heterocycles. The predicted octanol–water partition coefficient (Wildman–Crippen LogP) is 5.87. The number of ether oxygens (including phenoxy) is 2. The van der Waals surface area contributed by atoms with Crippen LogP contribution in [-0.2, 0) is 10.1 Å². The Kier molecular flexibility index (Phi) is 6.67. The zero-order chi connectivity index (χ0) is 21.9. The van der Waals surface area contributed by atoms with Gasteiger partial charge in [0.15, 0.2) is 5.58 Å². The van der Waals surface area contributed by atoms with Crippen molar-refractivity contribution in [1.29, 1.82) is 0 Å². The van der Waals surface area contributed by atoms with Gasteiger partial charge in [0.1, 0.15) is 11.5 Å². The highest BCUT2D eigenvalue weighted by molar-refractivity contribution is 7.85. The molecule has 1 atom stereocenters. The normalized spacial score (nSPS) is 12.8. The average Bonchev–Trinajstić information content (AvgIpc) is 3.09. The van der Waals surface area contributed by atoms with Crippen LogP contribution in [0.4, 0.5) is 0 Å². The van der Waals surface area contributed by atoms with Gasteiger partial charge < -0.3 is 14.0 Å². The number of nitrogens with zero attached hydrogens (tertiary/aromatic N) is 1. The molecule has 1 aromatic heterocycles. The fraction of sp³-hybridized carbons (Fsp3) is 0.409. The van der Waals surface area contributed by atoms with Gasteiger partial charge in [0.05, 0.1) is 16.9 Å². The number of hydrogen-bond acceptors (Lipinski definition) is 6. The molecule has 0 aliphatic rings. The van der Waals surface area contributed by atoms with E-state index in [1.165, 1.54) is 12.1 Å². The zero-order valence-electron chi connectivity index (χ0n) is 17.6. The highest BCUT2D eigenvalue weighted by Gasteiger charge is 2.20. The molecule has 0 spiro atoms. The molecule has 8 heteroatoms. The van der Waals surface area contributed by atoms with E-state index in [0.29, 0.717) is 29.6 Å². The number of rotatable bonds is 9. The van der Waals surface area contributed by atoms with E-state index in [-0.39, 0.29) is 10.8 Å². The van der Waals surface area contributed by atoms with Crippen LogP contribution in [-0.4, -0.2) is 24.7 Å². The Morgan fingerprint density at radius 1 is 1.20 bits per heavy atom. The lowest BCUT2D eigenvalue weighted by molar-refractivity contribution is 0.301. The summed E-state index contributed by atoms with van der Waals surface area (Å²) in [5, 5.41) is 4.62. The summed E-state index contributed by atoms with van der Waals surface area (Å²) in [7, 11) is -4.37. The van der Waals surface area contributed by atoms with Gasteiger partial charge >= 0.3 is 0 Å². The van der Waals surface area contributed by atoms with Crippen molar-refractivity contribution in [2.45, 2.75) is 57.8 Å². The van der Waals surface area contributed by atoms with Gasteiger partial charge in [-0.1, -0.05) is 26.7 Å². The topological polar surface area (TPSA) is 98.9 Å². The van der Waals surface area contributed by atoms with Gasteiger partial charge in [0, 0.05) is 12.1 Å². The maximum atomic E-state index is 11.8. The van der Waals surface area contributed by atoms with Crippen LogP contribution in [0.1, 0.15) is 57.1 Å². The standard InChI is InChI=1S/C22H27NO6S/c1-5-7-8-14(3)19-12-17(30(24,25)26)13-20(15(19)4)28-16-9-10-18-21(11-16)29-23-22(18)27-6-2/h9-14H,5-8H2,1-4H3,(H,24,25,26). The van der Waals surface area contributed by atoms with Gasteiger partial charge in [0.25, 0.3) is 16.0 Å². The lowest BCUT2D eigenvalue weighted by atomic mass is 9.91. The van der Waals surface area contributed by atoms with E-state index >= 15 is 0 Å². The zero-order valence-corrected chi connectivity index (χ0v) is 18.5. The number of fused-ring (bicyclic) bond motifs is 1. The molecule has 7 nitrogen and oxygen atoms in total. The molecule has 0 aliphatic heterocycles. The van der Waals surface area contributed by atoms with E-state index in [4.69, 9.17) is 14.0 Å². The van der Waals surface area contributed by atoms with E-state index in [9.17, 15) is 13.0 Å². The molecule has 1 heterocycles. The molecule has 1 N–H and O–H groups in total. The third-order valence-electron chi connectivity index (χ3n) is 5.11. The molecule has 0 fully saturated rings. The lowest BCUT2D eigenvalue weighted by Crippen LogP contribution is -2.05. The summed E-state index contributed by atoms with van der Waals surface area (Å²) >= 11 is 0. The third kappa shape index (κ3) is 4.76. The number of benzene rings is 2. The Hall–Kier alpha value is -2.58. The molecule has 0 saturated carbocycles. The second-order valence-corrected chi connectivity index (χ2v) is 8.76. The van der Waals surface area contributed by atoms with Crippen molar-refractivity contribution >= 4 is 21.1 Å². The first-order chi connectivity index (χ1) is 14.2. The average molecular weight is 434 g/mol. The Balaban J connectivity index is 2.01. The molecule has 30 heavy (non-hydrogen) atoms. The van der Waals surface area contributed by atoms with Crippen LogP contribution in [0.3, 0.4) is 0 Å². The van der Waals surface area contributed by atoms with Crippen LogP contribution in [0.5, 0.6) is 17.4 Å². The fourth-order valence-electron chi connectivity index (χ4n) is 3.44. The van der Waals surface area contributed by atoms with E-state index < -0.39 is 10.1 Å². The first-order valence-corrected chi connectivity index (χ1v) is 11.5. The minimum Gasteiger partial charge on any atom is -0.475 e. The number of unbranched alkanes of at least 4 members (excludes halogenated alkanes) is 1. The largest absolute Gasteiger partial charge is 0.475 e. The van der Waals surface area contributed by atoms with Crippen molar-refractivity contribution < 1.29 is 27.0 Å². The quantitative estimate of drug-likeness (QED) is 0.421. The van der Waals surface area contributed by atoms with Crippen molar-refractivity contribution in [2.75, 3.05) is 6.61 Å². The Morgan fingerprint density at radius 2 is 1.97 bits per heavy atom. The van der Waals surface area contributed by atoms with Gasteiger partial charge in [-0.15, -0.1) is 0 Å². The molecule has 0 radical (unpaired) electrons. The molecule has 3 aromatic rings. The predicted molar refractivity (Wildman–Crippen MR) is 114 cm³/mol. The van der Waals surface area contributed by atoms with Crippen LogP contribution >= 0.6 is 0 Å². The molecule has 0 amide bonds. The van der Waals surface area contributed by atoms with E-state index in [2.05, 4.69) is 12.1 Å². The van der Waals surface area contributed by atoms with Crippen LogP contribution in [0, 0.1) is 6.92 Å². The molecular weight excluding hydrogens is 406 g/mol. The Bertz CT molecular complexity index is 1140. The van der Waals surface area contributed by atoms with Crippen LogP contribution < -0.4 is 9.47 Å². The maximum absolute atomic E-state index is 11.8. The van der Waals surface area contributed by atoms with Crippen molar-refractivity contribution in [3.05, 3.63) is 41.5 Å². The second-order valence-electron chi connectivity index (χ2n) is 7.33. The van der Waals surface area contributed by atoms with Crippen molar-refractivity contribution in [3.63, 3.8) is 0 Å². The first kappa shape index (κ1) is 22.1. The molecule has 0 bridgehead atoms. The summed E-state index contributed by atoms with van der Waals surface area (Å²) in [6.07, 6.45) is 2.98. The summed E-state index contributed by atoms with van der Waals surface area (Å²) in [6.45, 7) is 8.38. The van der Waals surface area contributed by atoms with Crippen molar-refractivity contribution in [2.24, 2.45) is 0 Å². The number of hydrogen-bond donors (Lipinski definition) is 1. The molecule has 1 unspecified atom stereocenters. The number of aromatic nitrogens is 1. The first-order valence-electron chi connectivity index (χ1n) is 10.1. The third-order valence-corrected chi connectivity index (χ3v) is 5.94. The lowest BCUT2D eigenvalue weighted by Gasteiger charge is -2.19. The van der Waals surface area contributed by atoms with Crippen LogP contribution in [0.2, 0.25) is 0 Å². The molecule has 162 valence electrons. The summed E-state index contributed by atoms with van der Waals surface area (Å²) < 4.78 is 50.0. The SMILES string of the molecule is CCCCC(C)c1cc(S(=O)(=O)O)cc(Oc2ccc3c(OCC)noc3c2)c1C. The van der Waals surface area contributed by atoms with E-state index in [1.807, 2.05) is 20.8 Å². The Morgan fingerprint density at radius 3 is 2.63 bits per heavy atom. The highest BCUT2D eigenvalue weighted by Crippen LogP contribution is 2.37. The minimum atomic E-state index is -4.37. The summed E-state index contributed by atoms with van der Waals surface area (Å²) in [6, 6.07) is 8.06. The maximum Gasteiger partial charge on any atom is 0.294 e. The van der Waals surface area contributed by atoms with Gasteiger partial charge in [0.2, 0.25) is 0 Å². The van der Waals surface area contributed by atoms with Gasteiger partial charge in [-0.2, -0.15) is 8.42 Å². The fourth-order valence-corrected chi connectivity index (χ4v) is 3.97. The highest BCUT2D eigenvalue weighted by atomic mass is 32.2. The van der Waals surface area contributed by atoms with Gasteiger partial charge in [-0.25, -0.2) is 0 Å². The molecule has 0 aliphatic carbocycles. The van der Waals surface area contributed by atoms with Crippen LogP contribution in [0.15, 0.2) is 39.8 Å². The summed E-state index contributed by atoms with van der Waals surface area (Å²) in [5.41, 5.74) is 2.17. The van der Waals surface area contributed by atoms with Crippen LogP contribution in [0.25, 0.3) is 11.0 Å². The van der Waals surface area contributed by atoms with Gasteiger partial charge in [-0.3, -0.25) is 4.55 Å². The Labute approximate surface area is 176 Å². The summed E-state index contributed by atoms with van der Waals surface area (Å²) in [4.78, 5) is -0.180.